The van der Waals surface area contributed by atoms with Gasteiger partial charge in [-0.1, -0.05) is 72.8 Å². The quantitative estimate of drug-likeness (QED) is 0.139. The number of anilines is 1. The molecule has 1 aromatic heterocycles. The summed E-state index contributed by atoms with van der Waals surface area (Å²) in [6.07, 6.45) is 4.30. The summed E-state index contributed by atoms with van der Waals surface area (Å²) < 4.78 is 83.8. The molecule has 1 aliphatic heterocycles. The van der Waals surface area contributed by atoms with Gasteiger partial charge < -0.3 is 18.3 Å². The van der Waals surface area contributed by atoms with E-state index in [0.29, 0.717) is 22.5 Å². The van der Waals surface area contributed by atoms with E-state index in [2.05, 4.69) is 0 Å². The minimum Gasteiger partial charge on any atom is -0.747 e. The Kier molecular flexibility index (Phi) is 9.60. The second-order valence-electron chi connectivity index (χ2n) is 9.73. The number of oxazole rings is 1. The smallest absolute Gasteiger partial charge is 0.747 e. The van der Waals surface area contributed by atoms with E-state index in [1.54, 1.807) is 24.3 Å². The van der Waals surface area contributed by atoms with Crippen molar-refractivity contribution in [2.24, 2.45) is 0 Å². The van der Waals surface area contributed by atoms with Crippen molar-refractivity contribution in [2.45, 2.75) is 5.88 Å². The first kappa shape index (κ1) is 32.3. The number of hydrogen-bond acceptors (Lipinski definition) is 9. The number of hydrogen-bond donors (Lipinski definition) is 0. The molecular formula is C31H23KN2O8S2. The molecule has 5 aromatic rings. The van der Waals surface area contributed by atoms with Crippen molar-refractivity contribution in [1.82, 2.24) is 0 Å². The average Bonchev–Trinajstić information content (AvgIpc) is 3.48. The van der Waals surface area contributed by atoms with Gasteiger partial charge in [-0.3, -0.25) is 4.90 Å². The summed E-state index contributed by atoms with van der Waals surface area (Å²) in [7, 11) is -9.40. The Labute approximate surface area is 296 Å². The molecule has 0 unspecified atom stereocenters. The predicted octanol–water partition coefficient (Wildman–Crippen LogP) is 1.82. The van der Waals surface area contributed by atoms with Gasteiger partial charge in [0.15, 0.2) is 15.9 Å². The molecule has 0 fully saturated rings. The number of allylic oxidation sites excluding steroid dienone is 2. The molecule has 0 atom stereocenters. The third-order valence-corrected chi connectivity index (χ3v) is 7.88. The zero-order valence-corrected chi connectivity index (χ0v) is 28.1. The fraction of sp³-hybridized carbons (Fsp3) is 0.0645. The Hall–Kier alpha value is -3.11. The van der Waals surface area contributed by atoms with Crippen LogP contribution in [-0.2, 0) is 26.1 Å². The fourth-order valence-electron chi connectivity index (χ4n) is 4.87. The van der Waals surface area contributed by atoms with Crippen molar-refractivity contribution >= 4 is 43.1 Å². The number of rotatable bonds is 8. The molecular weight excluding hydrogens is 632 g/mol. The maximum Gasteiger partial charge on any atom is 1.00 e. The summed E-state index contributed by atoms with van der Waals surface area (Å²) in [5, 5.41) is 0. The fourth-order valence-corrected chi connectivity index (χ4v) is 6.03. The molecule has 13 heteroatoms. The van der Waals surface area contributed by atoms with E-state index in [1.807, 2.05) is 72.8 Å². The number of aromatic nitrogens is 1. The average molecular weight is 655 g/mol. The van der Waals surface area contributed by atoms with Crippen LogP contribution in [0.15, 0.2) is 120 Å². The molecule has 0 aliphatic carbocycles. The van der Waals surface area contributed by atoms with Crippen LogP contribution in [0.1, 0.15) is 5.89 Å². The SMILES string of the molecule is O=S(=O)([O-])CN1/C(=C/C=C/c2oc3ccc(-c4ccccc4)cc3[n+]2CS(=O)(=O)[O-])Oc2ccc(-c3ccccc3)cc21.[K+]. The molecule has 0 saturated heterocycles. The van der Waals surface area contributed by atoms with Crippen LogP contribution in [0.5, 0.6) is 5.75 Å². The van der Waals surface area contributed by atoms with Crippen LogP contribution in [-0.4, -0.2) is 31.8 Å². The van der Waals surface area contributed by atoms with Gasteiger partial charge in [0.05, 0.1) is 11.8 Å². The number of benzene rings is 4. The van der Waals surface area contributed by atoms with Gasteiger partial charge in [0.1, 0.15) is 16.0 Å². The maximum atomic E-state index is 11.8. The Morgan fingerprint density at radius 2 is 1.36 bits per heavy atom. The molecule has 0 saturated carbocycles. The zero-order valence-electron chi connectivity index (χ0n) is 23.4. The summed E-state index contributed by atoms with van der Waals surface area (Å²) in [5.74, 6) is -1.28. The van der Waals surface area contributed by atoms with Gasteiger partial charge in [-0.2, -0.15) is 0 Å². The maximum absolute atomic E-state index is 11.8. The van der Waals surface area contributed by atoms with Crippen LogP contribution >= 0.6 is 0 Å². The molecule has 0 bridgehead atoms. The van der Waals surface area contributed by atoms with E-state index in [4.69, 9.17) is 9.15 Å². The molecule has 0 N–H and O–H groups in total. The Balaban J connectivity index is 0.00000384. The molecule has 0 spiro atoms. The summed E-state index contributed by atoms with van der Waals surface area (Å²) >= 11 is 0. The van der Waals surface area contributed by atoms with E-state index in [-0.39, 0.29) is 63.2 Å². The number of nitrogens with zero attached hydrogens (tertiary/aromatic N) is 2. The summed E-state index contributed by atoms with van der Waals surface area (Å²) in [5.41, 5.74) is 4.52. The van der Waals surface area contributed by atoms with Crippen molar-refractivity contribution in [1.29, 1.82) is 0 Å². The molecule has 0 radical (unpaired) electrons. The second-order valence-corrected chi connectivity index (χ2v) is 12.5. The normalized spacial score (nSPS) is 14.1. The van der Waals surface area contributed by atoms with Crippen molar-refractivity contribution < 1.29 is 91.0 Å². The van der Waals surface area contributed by atoms with Crippen LogP contribution in [0.3, 0.4) is 0 Å². The minimum atomic E-state index is -4.70. The standard InChI is InChI=1S/C31H24N2O8S2.K/c34-42(35,36)20-32-26-18-24(22-8-3-1-4-9-22)14-16-28(26)40-30(32)12-7-13-31-33(21-43(37,38)39)27-19-25(15-17-29(27)41-31)23-10-5-2-6-11-23;/h1-19H,20-21H2,(H-,34,35,36,37,38,39);/q;+1/p-1. The Morgan fingerprint density at radius 3 is 1.98 bits per heavy atom. The molecule has 0 amide bonds. The van der Waals surface area contributed by atoms with Crippen molar-refractivity contribution in [2.75, 3.05) is 10.8 Å². The molecule has 10 nitrogen and oxygen atoms in total. The molecule has 2 heterocycles. The van der Waals surface area contributed by atoms with Crippen LogP contribution in [0.25, 0.3) is 39.4 Å². The second kappa shape index (κ2) is 13.1. The van der Waals surface area contributed by atoms with Gasteiger partial charge in [0.25, 0.3) is 5.52 Å². The van der Waals surface area contributed by atoms with Gasteiger partial charge in [-0.05, 0) is 52.6 Å². The van der Waals surface area contributed by atoms with Gasteiger partial charge in [0, 0.05) is 6.07 Å². The number of ether oxygens (including phenoxy) is 1. The first-order chi connectivity index (χ1) is 20.5. The first-order valence-electron chi connectivity index (χ1n) is 13.0. The van der Waals surface area contributed by atoms with E-state index >= 15 is 0 Å². The van der Waals surface area contributed by atoms with Gasteiger partial charge in [0.2, 0.25) is 17.3 Å². The van der Waals surface area contributed by atoms with Crippen LogP contribution < -0.4 is 65.6 Å². The zero-order chi connectivity index (χ0) is 30.2. The molecule has 6 rings (SSSR count). The summed E-state index contributed by atoms with van der Waals surface area (Å²) in [4.78, 5) is 1.25. The Morgan fingerprint density at radius 1 is 0.750 bits per heavy atom. The molecule has 44 heavy (non-hydrogen) atoms. The summed E-state index contributed by atoms with van der Waals surface area (Å²) in [6.45, 7) is 0. The van der Waals surface area contributed by atoms with Gasteiger partial charge >= 0.3 is 57.3 Å². The van der Waals surface area contributed by atoms with Gasteiger partial charge in [-0.15, -0.1) is 4.57 Å². The van der Waals surface area contributed by atoms with E-state index in [0.717, 1.165) is 22.3 Å². The third kappa shape index (κ3) is 7.39. The van der Waals surface area contributed by atoms with E-state index < -0.39 is 32.0 Å². The van der Waals surface area contributed by atoms with Crippen molar-refractivity contribution in [3.05, 3.63) is 121 Å². The van der Waals surface area contributed by atoms with E-state index in [1.165, 1.54) is 27.7 Å². The minimum absolute atomic E-state index is 0. The summed E-state index contributed by atoms with van der Waals surface area (Å²) in [6, 6.07) is 29.3. The van der Waals surface area contributed by atoms with Crippen LogP contribution in [0, 0.1) is 0 Å². The third-order valence-electron chi connectivity index (χ3n) is 6.73. The Bertz CT molecular complexity index is 2110. The topological polar surface area (TPSA) is 144 Å². The van der Waals surface area contributed by atoms with E-state index in [9.17, 15) is 25.9 Å². The van der Waals surface area contributed by atoms with Gasteiger partial charge in [-0.25, -0.2) is 16.8 Å². The van der Waals surface area contributed by atoms with Crippen molar-refractivity contribution in [3.8, 4) is 28.0 Å². The largest absolute Gasteiger partial charge is 1.00 e. The molecule has 4 aromatic carbocycles. The van der Waals surface area contributed by atoms with Crippen LogP contribution in [0.4, 0.5) is 5.69 Å². The number of fused-ring (bicyclic) bond motifs is 2. The first-order valence-corrected chi connectivity index (χ1v) is 16.1. The molecule has 218 valence electrons. The predicted molar refractivity (Wildman–Crippen MR) is 158 cm³/mol. The van der Waals surface area contributed by atoms with Crippen molar-refractivity contribution in [3.63, 3.8) is 0 Å². The van der Waals surface area contributed by atoms with Crippen LogP contribution in [0.2, 0.25) is 0 Å². The monoisotopic (exact) mass is 654 g/mol. The molecule has 1 aliphatic rings.